The summed E-state index contributed by atoms with van der Waals surface area (Å²) in [7, 11) is 1.50. The van der Waals surface area contributed by atoms with E-state index in [1.807, 2.05) is 6.92 Å². The van der Waals surface area contributed by atoms with Crippen LogP contribution < -0.4 is 10.3 Å². The molecular weight excluding hydrogens is 376 g/mol. The number of aryl methyl sites for hydroxylation is 1. The minimum absolute atomic E-state index is 0.111. The number of esters is 1. The first-order valence-corrected chi connectivity index (χ1v) is 10.1. The highest BCUT2D eigenvalue weighted by molar-refractivity contribution is 7.18. The topological polar surface area (TPSA) is 81.3 Å². The number of hydrogen-bond donors (Lipinski definition) is 1. The van der Waals surface area contributed by atoms with Crippen molar-refractivity contribution in [2.45, 2.75) is 40.2 Å². The van der Waals surface area contributed by atoms with Crippen LogP contribution in [0.2, 0.25) is 0 Å². The number of H-pyrrole nitrogens is 1. The number of fused-ring (bicyclic) bond motifs is 1. The van der Waals surface area contributed by atoms with Gasteiger partial charge in [-0.1, -0.05) is 32.4 Å². The summed E-state index contributed by atoms with van der Waals surface area (Å²) < 4.78 is 10.5. The van der Waals surface area contributed by atoms with Crippen molar-refractivity contribution in [2.24, 2.45) is 5.92 Å². The number of methoxy groups -OCH3 is 1. The van der Waals surface area contributed by atoms with Crippen LogP contribution >= 0.6 is 11.3 Å². The third-order valence-corrected chi connectivity index (χ3v) is 5.87. The van der Waals surface area contributed by atoms with Crippen LogP contribution in [0, 0.1) is 12.8 Å². The highest BCUT2D eigenvalue weighted by Crippen LogP contribution is 2.29. The smallest absolute Gasteiger partial charge is 0.342 e. The Morgan fingerprint density at radius 1 is 1.32 bits per heavy atom. The van der Waals surface area contributed by atoms with E-state index in [1.54, 1.807) is 24.3 Å². The Bertz CT molecular complexity index is 1050. The van der Waals surface area contributed by atoms with Gasteiger partial charge in [0, 0.05) is 4.88 Å². The van der Waals surface area contributed by atoms with Gasteiger partial charge in [0.05, 0.1) is 12.5 Å². The summed E-state index contributed by atoms with van der Waals surface area (Å²) in [6.07, 6.45) is 1.91. The molecule has 3 aromatic rings. The maximum Gasteiger partial charge on any atom is 0.342 e. The van der Waals surface area contributed by atoms with Crippen LogP contribution in [-0.2, 0) is 17.8 Å². The second-order valence-corrected chi connectivity index (χ2v) is 8.03. The average molecular weight is 401 g/mol. The summed E-state index contributed by atoms with van der Waals surface area (Å²) in [5, 5.41) is 0.655. The first-order chi connectivity index (χ1) is 13.4. The van der Waals surface area contributed by atoms with E-state index in [4.69, 9.17) is 9.47 Å². The van der Waals surface area contributed by atoms with Gasteiger partial charge >= 0.3 is 5.97 Å². The fourth-order valence-electron chi connectivity index (χ4n) is 3.05. The lowest BCUT2D eigenvalue weighted by Gasteiger charge is -2.09. The van der Waals surface area contributed by atoms with E-state index in [1.165, 1.54) is 18.4 Å². The molecule has 28 heavy (non-hydrogen) atoms. The van der Waals surface area contributed by atoms with E-state index in [-0.39, 0.29) is 12.2 Å². The molecule has 148 valence electrons. The van der Waals surface area contributed by atoms with E-state index in [0.29, 0.717) is 33.3 Å². The number of nitrogens with zero attached hydrogens (tertiary/aromatic N) is 1. The molecule has 1 N–H and O–H groups in total. The predicted octanol–water partition coefficient (Wildman–Crippen LogP) is 4.25. The van der Waals surface area contributed by atoms with Crippen molar-refractivity contribution in [2.75, 3.05) is 7.11 Å². The zero-order valence-corrected chi connectivity index (χ0v) is 17.3. The summed E-state index contributed by atoms with van der Waals surface area (Å²) in [6, 6.07) is 6.83. The van der Waals surface area contributed by atoms with Crippen molar-refractivity contribution in [3.63, 3.8) is 0 Å². The molecule has 2 heterocycles. The molecule has 1 atom stereocenters. The van der Waals surface area contributed by atoms with Gasteiger partial charge in [-0.3, -0.25) is 4.79 Å². The molecule has 0 bridgehead atoms. The van der Waals surface area contributed by atoms with Gasteiger partial charge in [0.1, 0.15) is 28.6 Å². The summed E-state index contributed by atoms with van der Waals surface area (Å²) >= 11 is 1.50. The third kappa shape index (κ3) is 4.09. The summed E-state index contributed by atoms with van der Waals surface area (Å²) in [4.78, 5) is 34.1. The van der Waals surface area contributed by atoms with Gasteiger partial charge in [-0.15, -0.1) is 11.3 Å². The van der Waals surface area contributed by atoms with E-state index in [9.17, 15) is 9.59 Å². The second-order valence-electron chi connectivity index (χ2n) is 6.82. The van der Waals surface area contributed by atoms with E-state index >= 15 is 0 Å². The summed E-state index contributed by atoms with van der Waals surface area (Å²) in [5.74, 6) is 0.738. The number of hydrogen-bond acceptors (Lipinski definition) is 6. The van der Waals surface area contributed by atoms with Crippen molar-refractivity contribution < 1.29 is 14.3 Å². The van der Waals surface area contributed by atoms with Crippen molar-refractivity contribution in [1.29, 1.82) is 0 Å². The molecule has 6 nitrogen and oxygen atoms in total. The number of benzene rings is 1. The van der Waals surface area contributed by atoms with Gasteiger partial charge < -0.3 is 14.5 Å². The molecule has 0 amide bonds. The number of nitrogens with one attached hydrogen (secondary N) is 1. The lowest BCUT2D eigenvalue weighted by molar-refractivity contribution is 0.0458. The largest absolute Gasteiger partial charge is 0.496 e. The quantitative estimate of drug-likeness (QED) is 0.600. The summed E-state index contributed by atoms with van der Waals surface area (Å²) in [5.41, 5.74) is 1.22. The molecule has 0 saturated carbocycles. The number of aromatic nitrogens is 2. The van der Waals surface area contributed by atoms with Crippen LogP contribution in [0.3, 0.4) is 0 Å². The minimum Gasteiger partial charge on any atom is -0.496 e. The number of aromatic amines is 1. The predicted molar refractivity (Wildman–Crippen MR) is 110 cm³/mol. The van der Waals surface area contributed by atoms with Crippen LogP contribution in [-0.4, -0.2) is 23.0 Å². The number of carbonyl (C=O) groups excluding carboxylic acids is 1. The Balaban J connectivity index is 1.83. The minimum atomic E-state index is -0.528. The van der Waals surface area contributed by atoms with Crippen LogP contribution in [0.15, 0.2) is 29.1 Å². The Hall–Kier alpha value is -2.67. The zero-order valence-electron chi connectivity index (χ0n) is 16.5. The standard InChI is InChI=1S/C21H24N2O4S/c1-5-12(2)10-15-13(3)28-20-18(15)19(24)22-17(23-20)11-27-21(25)14-8-6-7-9-16(14)26-4/h6-9,12H,5,10-11H2,1-4H3,(H,22,23,24)/t12-/m1/s1. The van der Waals surface area contributed by atoms with Crippen molar-refractivity contribution in [3.8, 4) is 5.75 Å². The van der Waals surface area contributed by atoms with Crippen molar-refractivity contribution in [1.82, 2.24) is 9.97 Å². The maximum atomic E-state index is 12.7. The number of carbonyl (C=O) groups is 1. The lowest BCUT2D eigenvalue weighted by atomic mass is 9.98. The number of para-hydroxylation sites is 1. The van der Waals surface area contributed by atoms with Crippen LogP contribution in [0.4, 0.5) is 0 Å². The molecule has 0 aliphatic carbocycles. The average Bonchev–Trinajstić information content (AvgIpc) is 3.01. The molecule has 0 saturated heterocycles. The fraction of sp³-hybridized carbons (Fsp3) is 0.381. The summed E-state index contributed by atoms with van der Waals surface area (Å²) in [6.45, 7) is 6.23. The number of rotatable bonds is 7. The van der Waals surface area contributed by atoms with Gasteiger partial charge in [0.25, 0.3) is 5.56 Å². The first kappa shape index (κ1) is 20.1. The molecular formula is C21H24N2O4S. The normalized spacial score (nSPS) is 12.1. The monoisotopic (exact) mass is 400 g/mol. The van der Waals surface area contributed by atoms with Crippen LogP contribution in [0.1, 0.15) is 46.9 Å². The Morgan fingerprint density at radius 2 is 2.07 bits per heavy atom. The molecule has 0 fully saturated rings. The lowest BCUT2D eigenvalue weighted by Crippen LogP contribution is -2.15. The van der Waals surface area contributed by atoms with Gasteiger partial charge in [0.15, 0.2) is 0 Å². The number of ether oxygens (including phenoxy) is 2. The van der Waals surface area contributed by atoms with Crippen molar-refractivity contribution >= 4 is 27.5 Å². The molecule has 0 unspecified atom stereocenters. The van der Waals surface area contributed by atoms with Gasteiger partial charge in [-0.2, -0.15) is 0 Å². The van der Waals surface area contributed by atoms with E-state index < -0.39 is 5.97 Å². The Kier molecular flexibility index (Phi) is 6.14. The van der Waals surface area contributed by atoms with E-state index in [0.717, 1.165) is 23.3 Å². The third-order valence-electron chi connectivity index (χ3n) is 4.83. The molecule has 0 aliphatic rings. The SMILES string of the molecule is CC[C@@H](C)Cc1c(C)sc2nc(COC(=O)c3ccccc3OC)[nH]c(=O)c12. The highest BCUT2D eigenvalue weighted by Gasteiger charge is 2.18. The molecule has 0 aliphatic heterocycles. The van der Waals surface area contributed by atoms with E-state index in [2.05, 4.69) is 23.8 Å². The zero-order chi connectivity index (χ0) is 20.3. The van der Waals surface area contributed by atoms with Gasteiger partial charge in [0.2, 0.25) is 0 Å². The molecule has 3 rings (SSSR count). The molecule has 7 heteroatoms. The number of thiophene rings is 1. The molecule has 0 spiro atoms. The Labute approximate surface area is 167 Å². The molecule has 1 aromatic carbocycles. The van der Waals surface area contributed by atoms with Crippen LogP contribution in [0.5, 0.6) is 5.75 Å². The fourth-order valence-corrected chi connectivity index (χ4v) is 4.12. The molecule has 0 radical (unpaired) electrons. The van der Waals surface area contributed by atoms with Gasteiger partial charge in [-0.25, -0.2) is 9.78 Å². The van der Waals surface area contributed by atoms with Crippen LogP contribution in [0.25, 0.3) is 10.2 Å². The van der Waals surface area contributed by atoms with Gasteiger partial charge in [-0.05, 0) is 37.0 Å². The maximum absolute atomic E-state index is 12.7. The second kappa shape index (κ2) is 8.56. The first-order valence-electron chi connectivity index (χ1n) is 9.25. The molecule has 2 aromatic heterocycles. The van der Waals surface area contributed by atoms with Crippen molar-refractivity contribution in [3.05, 3.63) is 56.4 Å². The highest BCUT2D eigenvalue weighted by atomic mass is 32.1. The Morgan fingerprint density at radius 3 is 2.79 bits per heavy atom.